The zero-order valence-electron chi connectivity index (χ0n) is 8.55. The molecule has 0 spiro atoms. The van der Waals surface area contributed by atoms with Crippen molar-refractivity contribution in [3.05, 3.63) is 30.1 Å². The zero-order chi connectivity index (χ0) is 12.9. The van der Waals surface area contributed by atoms with Crippen LogP contribution in [0.15, 0.2) is 24.3 Å². The van der Waals surface area contributed by atoms with Crippen molar-refractivity contribution in [2.24, 2.45) is 0 Å². The monoisotopic (exact) mass is 267 g/mol. The van der Waals surface area contributed by atoms with Gasteiger partial charge in [0, 0.05) is 17.9 Å². The third-order valence-corrected chi connectivity index (χ3v) is 2.46. The van der Waals surface area contributed by atoms with Gasteiger partial charge in [-0.05, 0) is 24.3 Å². The molecule has 0 heterocycles. The summed E-state index contributed by atoms with van der Waals surface area (Å²) in [5, 5.41) is 2.37. The lowest BCUT2D eigenvalue weighted by atomic mass is 10.3. The molecule has 0 aliphatic heterocycles. The van der Waals surface area contributed by atoms with E-state index in [2.05, 4.69) is 5.32 Å². The molecule has 0 aliphatic carbocycles. The van der Waals surface area contributed by atoms with Gasteiger partial charge in [0.05, 0.1) is 0 Å². The molecule has 0 fully saturated rings. The lowest BCUT2D eigenvalue weighted by Gasteiger charge is -2.06. The Kier molecular flexibility index (Phi) is 4.80. The minimum atomic E-state index is -4.32. The van der Waals surface area contributed by atoms with Crippen molar-refractivity contribution >= 4 is 23.4 Å². The normalized spacial score (nSPS) is 11.3. The van der Waals surface area contributed by atoms with Crippen LogP contribution in [0.1, 0.15) is 6.42 Å². The summed E-state index contributed by atoms with van der Waals surface area (Å²) in [6.45, 7) is 0. The molecule has 94 valence electrons. The molecule has 0 bridgehead atoms. The minimum Gasteiger partial charge on any atom is -0.326 e. The Labute approximate surface area is 99.4 Å². The van der Waals surface area contributed by atoms with Crippen LogP contribution in [-0.4, -0.2) is 17.2 Å². The molecule has 1 aromatic rings. The molecular weight excluding hydrogens is 258 g/mol. The van der Waals surface area contributed by atoms with Crippen LogP contribution < -0.4 is 5.32 Å². The third-order valence-electron chi connectivity index (χ3n) is 1.72. The van der Waals surface area contributed by atoms with E-state index < -0.39 is 17.2 Å². The Morgan fingerprint density at radius 1 is 1.24 bits per heavy atom. The van der Waals surface area contributed by atoms with Gasteiger partial charge in [-0.3, -0.25) is 4.79 Å². The van der Waals surface area contributed by atoms with E-state index >= 15 is 0 Å². The molecule has 1 N–H and O–H groups in total. The van der Waals surface area contributed by atoms with Crippen LogP contribution in [-0.2, 0) is 4.79 Å². The summed E-state index contributed by atoms with van der Waals surface area (Å²) in [6.07, 6.45) is -0.248. The van der Waals surface area contributed by atoms with Gasteiger partial charge in [-0.2, -0.15) is 13.2 Å². The number of alkyl halides is 3. The summed E-state index contributed by atoms with van der Waals surface area (Å²) >= 11 is -0.246. The molecule has 0 aliphatic rings. The van der Waals surface area contributed by atoms with Gasteiger partial charge in [-0.25, -0.2) is 4.39 Å². The molecule has 1 amide bonds. The van der Waals surface area contributed by atoms with Crippen molar-refractivity contribution < 1.29 is 22.4 Å². The first-order chi connectivity index (χ1) is 7.87. The van der Waals surface area contributed by atoms with E-state index in [-0.39, 0.29) is 23.9 Å². The molecule has 17 heavy (non-hydrogen) atoms. The van der Waals surface area contributed by atoms with Crippen molar-refractivity contribution in [1.29, 1.82) is 0 Å². The highest BCUT2D eigenvalue weighted by molar-refractivity contribution is 8.00. The summed E-state index contributed by atoms with van der Waals surface area (Å²) in [5.41, 5.74) is -3.97. The average Bonchev–Trinajstić information content (AvgIpc) is 2.19. The second-order valence-electron chi connectivity index (χ2n) is 3.10. The van der Waals surface area contributed by atoms with Crippen molar-refractivity contribution in [2.45, 2.75) is 11.9 Å². The van der Waals surface area contributed by atoms with Crippen molar-refractivity contribution in [2.75, 3.05) is 11.1 Å². The highest BCUT2D eigenvalue weighted by atomic mass is 32.2. The van der Waals surface area contributed by atoms with Crippen LogP contribution >= 0.6 is 11.8 Å². The van der Waals surface area contributed by atoms with E-state index in [1.54, 1.807) is 0 Å². The summed E-state index contributed by atoms with van der Waals surface area (Å²) in [6, 6.07) is 4.98. The number of amides is 1. The summed E-state index contributed by atoms with van der Waals surface area (Å²) in [4.78, 5) is 11.2. The average molecular weight is 267 g/mol. The van der Waals surface area contributed by atoms with E-state index in [1.807, 2.05) is 0 Å². The van der Waals surface area contributed by atoms with Crippen LogP contribution in [0, 0.1) is 5.82 Å². The quantitative estimate of drug-likeness (QED) is 0.847. The predicted molar refractivity (Wildman–Crippen MR) is 58.2 cm³/mol. The largest absolute Gasteiger partial charge is 0.441 e. The van der Waals surface area contributed by atoms with Crippen molar-refractivity contribution in [3.63, 3.8) is 0 Å². The molecule has 0 saturated heterocycles. The predicted octanol–water partition coefficient (Wildman–Crippen LogP) is 3.41. The molecule has 0 unspecified atom stereocenters. The van der Waals surface area contributed by atoms with Crippen molar-refractivity contribution in [3.8, 4) is 0 Å². The second kappa shape index (κ2) is 5.90. The topological polar surface area (TPSA) is 29.1 Å². The fourth-order valence-electron chi connectivity index (χ4n) is 1.02. The van der Waals surface area contributed by atoms with Gasteiger partial charge in [0.25, 0.3) is 0 Å². The molecule has 2 nitrogen and oxygen atoms in total. The Hall–Kier alpha value is -1.24. The number of carbonyl (C=O) groups is 1. The summed E-state index contributed by atoms with van der Waals surface area (Å²) < 4.78 is 47.8. The SMILES string of the molecule is O=C(CCSC(F)(F)F)Nc1ccc(F)cc1. The number of carbonyl (C=O) groups excluding carboxylic acids is 1. The molecule has 1 rings (SSSR count). The lowest BCUT2D eigenvalue weighted by molar-refractivity contribution is -0.115. The first-order valence-electron chi connectivity index (χ1n) is 4.63. The number of hydrogen-bond acceptors (Lipinski definition) is 2. The van der Waals surface area contributed by atoms with Crippen LogP contribution in [0.5, 0.6) is 0 Å². The molecule has 7 heteroatoms. The highest BCUT2D eigenvalue weighted by Crippen LogP contribution is 2.30. The summed E-state index contributed by atoms with van der Waals surface area (Å²) in [7, 11) is 0. The third kappa shape index (κ3) is 6.15. The van der Waals surface area contributed by atoms with Gasteiger partial charge in [0.2, 0.25) is 5.91 Å². The molecule has 0 saturated carbocycles. The Balaban J connectivity index is 2.32. The number of thioether (sulfide) groups is 1. The van der Waals surface area contributed by atoms with E-state index in [0.717, 1.165) is 12.1 Å². The van der Waals surface area contributed by atoms with Gasteiger partial charge in [-0.1, -0.05) is 11.8 Å². The molecule has 0 radical (unpaired) electrons. The smallest absolute Gasteiger partial charge is 0.326 e. The first-order valence-corrected chi connectivity index (χ1v) is 5.61. The van der Waals surface area contributed by atoms with Crippen LogP contribution in [0.4, 0.5) is 23.2 Å². The Bertz CT molecular complexity index is 377. The van der Waals surface area contributed by atoms with Gasteiger partial charge in [0.1, 0.15) is 5.82 Å². The maximum absolute atomic E-state index is 12.5. The maximum atomic E-state index is 12.5. The number of anilines is 1. The maximum Gasteiger partial charge on any atom is 0.441 e. The van der Waals surface area contributed by atoms with Gasteiger partial charge in [-0.15, -0.1) is 0 Å². The molecule has 1 aromatic carbocycles. The number of nitrogens with one attached hydrogen (secondary N) is 1. The zero-order valence-corrected chi connectivity index (χ0v) is 9.37. The fraction of sp³-hybridized carbons (Fsp3) is 0.300. The Morgan fingerprint density at radius 2 is 1.82 bits per heavy atom. The van der Waals surface area contributed by atoms with Crippen LogP contribution in [0.2, 0.25) is 0 Å². The number of rotatable bonds is 4. The fourth-order valence-corrected chi connectivity index (χ4v) is 1.54. The van der Waals surface area contributed by atoms with Crippen LogP contribution in [0.25, 0.3) is 0 Å². The van der Waals surface area contributed by atoms with Gasteiger partial charge < -0.3 is 5.32 Å². The second-order valence-corrected chi connectivity index (χ2v) is 4.26. The summed E-state index contributed by atoms with van der Waals surface area (Å²) in [5.74, 6) is -1.32. The van der Waals surface area contributed by atoms with E-state index in [0.29, 0.717) is 5.69 Å². The van der Waals surface area contributed by atoms with E-state index in [4.69, 9.17) is 0 Å². The molecule has 0 atom stereocenters. The number of halogens is 4. The molecular formula is C10H9F4NOS. The first kappa shape index (κ1) is 13.8. The van der Waals surface area contributed by atoms with Gasteiger partial charge in [0.15, 0.2) is 0 Å². The molecule has 0 aromatic heterocycles. The lowest BCUT2D eigenvalue weighted by Crippen LogP contribution is -2.13. The Morgan fingerprint density at radius 3 is 2.35 bits per heavy atom. The van der Waals surface area contributed by atoms with E-state index in [9.17, 15) is 22.4 Å². The number of benzene rings is 1. The minimum absolute atomic E-state index is 0.246. The van der Waals surface area contributed by atoms with Gasteiger partial charge >= 0.3 is 5.51 Å². The van der Waals surface area contributed by atoms with Crippen molar-refractivity contribution in [1.82, 2.24) is 0 Å². The van der Waals surface area contributed by atoms with Crippen LogP contribution in [0.3, 0.4) is 0 Å². The number of hydrogen-bond donors (Lipinski definition) is 1. The highest BCUT2D eigenvalue weighted by Gasteiger charge is 2.27. The van der Waals surface area contributed by atoms with E-state index in [1.165, 1.54) is 12.1 Å². The standard InChI is InChI=1S/C10H9F4NOS/c11-7-1-3-8(4-2-7)15-9(16)5-6-17-10(12,13)14/h1-4H,5-6H2,(H,15,16).